The minimum Gasteiger partial charge on any atom is -0.501 e. The van der Waals surface area contributed by atoms with Gasteiger partial charge < -0.3 is 4.74 Å². The van der Waals surface area contributed by atoms with Crippen molar-refractivity contribution in [2.24, 2.45) is 0 Å². The molecule has 0 bridgehead atoms. The lowest BCUT2D eigenvalue weighted by atomic mass is 10.0. The molecule has 0 radical (unpaired) electrons. The molecule has 0 aliphatic carbocycles. The number of rotatable bonds is 21. The van der Waals surface area contributed by atoms with Crippen LogP contribution in [0.5, 0.6) is 0 Å². The lowest BCUT2D eigenvalue weighted by Gasteiger charge is -2.08. The monoisotopic (exact) mass is 432 g/mol. The van der Waals surface area contributed by atoms with Gasteiger partial charge in [0.25, 0.3) is 0 Å². The summed E-state index contributed by atoms with van der Waals surface area (Å²) in [6, 6.07) is 0. The van der Waals surface area contributed by atoms with Crippen LogP contribution in [0.1, 0.15) is 110 Å². The van der Waals surface area contributed by atoms with Gasteiger partial charge in [-0.05, 0) is 18.9 Å². The van der Waals surface area contributed by atoms with E-state index in [1.165, 1.54) is 89.9 Å². The first kappa shape index (κ1) is 26.8. The molecule has 29 heavy (non-hydrogen) atoms. The molecule has 0 amide bonds. The Morgan fingerprint density at radius 2 is 1.41 bits per heavy atom. The van der Waals surface area contributed by atoms with Gasteiger partial charge in [-0.25, -0.2) is 0 Å². The highest BCUT2D eigenvalue weighted by atomic mass is 31.2. The number of nitrogens with one attached hydrogen (secondary N) is 1. The fourth-order valence-corrected chi connectivity index (χ4v) is 4.82. The van der Waals surface area contributed by atoms with Crippen LogP contribution in [0.3, 0.4) is 0 Å². The third-order valence-corrected chi connectivity index (χ3v) is 6.96. The summed E-state index contributed by atoms with van der Waals surface area (Å²) >= 11 is 0. The maximum atomic E-state index is 9.85. The standard InChI is InChI=1S/C23H47NO4P/c1-2-3-4-5-6-7-8-9-10-11-12-13-14-15-16-17-20-26-21-18-22-27-29(25)24-19-23-28-29/h17,20,24-25H,2-16,18-19,21-23H2,1H3/q+1/b20-17-. The third kappa shape index (κ3) is 17.2. The zero-order valence-electron chi connectivity index (χ0n) is 18.9. The van der Waals surface area contributed by atoms with Crippen LogP contribution >= 0.6 is 8.09 Å². The topological polar surface area (TPSA) is 60.0 Å². The molecule has 1 heterocycles. The lowest BCUT2D eigenvalue weighted by molar-refractivity contribution is 0.170. The fraction of sp³-hybridized carbons (Fsp3) is 0.913. The van der Waals surface area contributed by atoms with Crippen molar-refractivity contribution in [3.05, 3.63) is 12.3 Å². The first-order chi connectivity index (χ1) is 14.3. The summed E-state index contributed by atoms with van der Waals surface area (Å²) in [4.78, 5) is 9.85. The maximum Gasteiger partial charge on any atom is 0.499 e. The van der Waals surface area contributed by atoms with Crippen molar-refractivity contribution in [2.45, 2.75) is 110 Å². The van der Waals surface area contributed by atoms with Gasteiger partial charge in [-0.2, -0.15) is 13.9 Å². The van der Waals surface area contributed by atoms with Crippen molar-refractivity contribution >= 4 is 8.09 Å². The number of hydrogen-bond donors (Lipinski definition) is 2. The van der Waals surface area contributed by atoms with Crippen LogP contribution in [-0.4, -0.2) is 31.3 Å². The molecule has 0 aromatic heterocycles. The van der Waals surface area contributed by atoms with Crippen molar-refractivity contribution < 1.29 is 18.7 Å². The van der Waals surface area contributed by atoms with Gasteiger partial charge in [-0.1, -0.05) is 90.4 Å². The number of allylic oxidation sites excluding steroid dienone is 1. The van der Waals surface area contributed by atoms with E-state index in [0.717, 1.165) is 12.8 Å². The van der Waals surface area contributed by atoms with Gasteiger partial charge in [-0.3, -0.25) is 0 Å². The van der Waals surface area contributed by atoms with Crippen molar-refractivity contribution in [1.82, 2.24) is 5.09 Å². The molecule has 0 aromatic rings. The maximum absolute atomic E-state index is 9.85. The Morgan fingerprint density at radius 1 is 0.828 bits per heavy atom. The van der Waals surface area contributed by atoms with E-state index in [-0.39, 0.29) is 0 Å². The molecule has 1 unspecified atom stereocenters. The Hall–Kier alpha value is -0.190. The molecule has 1 rings (SSSR count). The average Bonchev–Trinajstić information content (AvgIpc) is 3.15. The molecule has 2 N–H and O–H groups in total. The smallest absolute Gasteiger partial charge is 0.499 e. The number of ether oxygens (including phenoxy) is 1. The summed E-state index contributed by atoms with van der Waals surface area (Å²) in [6.45, 7) is 4.51. The second kappa shape index (κ2) is 19.8. The van der Waals surface area contributed by atoms with E-state index < -0.39 is 8.09 Å². The van der Waals surface area contributed by atoms with Gasteiger partial charge in [0.1, 0.15) is 13.2 Å². The first-order valence-electron chi connectivity index (χ1n) is 12.2. The zero-order chi connectivity index (χ0) is 20.9. The van der Waals surface area contributed by atoms with Gasteiger partial charge >= 0.3 is 8.09 Å². The van der Waals surface area contributed by atoms with Crippen LogP contribution < -0.4 is 5.09 Å². The number of unbranched alkanes of at least 4 members (excludes halogenated alkanes) is 14. The molecule has 0 aromatic carbocycles. The largest absolute Gasteiger partial charge is 0.501 e. The Balaban J connectivity index is 1.70. The Kier molecular flexibility index (Phi) is 18.3. The van der Waals surface area contributed by atoms with Gasteiger partial charge in [-0.15, -0.1) is 5.09 Å². The van der Waals surface area contributed by atoms with Crippen LogP contribution in [0, 0.1) is 0 Å². The summed E-state index contributed by atoms with van der Waals surface area (Å²) in [5.74, 6) is 0. The molecule has 1 fully saturated rings. The summed E-state index contributed by atoms with van der Waals surface area (Å²) < 4.78 is 16.0. The van der Waals surface area contributed by atoms with Crippen molar-refractivity contribution in [2.75, 3.05) is 26.4 Å². The lowest BCUT2D eigenvalue weighted by Crippen LogP contribution is -2.12. The van der Waals surface area contributed by atoms with E-state index in [4.69, 9.17) is 13.8 Å². The third-order valence-electron chi connectivity index (χ3n) is 5.27. The van der Waals surface area contributed by atoms with Crippen molar-refractivity contribution in [3.63, 3.8) is 0 Å². The van der Waals surface area contributed by atoms with Crippen molar-refractivity contribution in [3.8, 4) is 0 Å². The molecular weight excluding hydrogens is 385 g/mol. The van der Waals surface area contributed by atoms with Gasteiger partial charge in [0.05, 0.1) is 19.4 Å². The second-order valence-corrected chi connectivity index (χ2v) is 9.95. The van der Waals surface area contributed by atoms with Crippen LogP contribution in [-0.2, 0) is 13.8 Å². The molecule has 1 aliphatic heterocycles. The van der Waals surface area contributed by atoms with Crippen LogP contribution in [0.4, 0.5) is 0 Å². The predicted octanol–water partition coefficient (Wildman–Crippen LogP) is 7.08. The highest BCUT2D eigenvalue weighted by molar-refractivity contribution is 7.58. The summed E-state index contributed by atoms with van der Waals surface area (Å²) in [5.41, 5.74) is 0. The molecule has 5 nitrogen and oxygen atoms in total. The van der Waals surface area contributed by atoms with E-state index in [0.29, 0.717) is 26.4 Å². The van der Waals surface area contributed by atoms with Gasteiger partial charge in [0, 0.05) is 6.42 Å². The van der Waals surface area contributed by atoms with Gasteiger partial charge in [0.2, 0.25) is 0 Å². The zero-order valence-corrected chi connectivity index (χ0v) is 19.8. The summed E-state index contributed by atoms with van der Waals surface area (Å²) in [7, 11) is -2.74. The highest BCUT2D eigenvalue weighted by Crippen LogP contribution is 2.54. The molecule has 1 aliphatic rings. The molecule has 6 heteroatoms. The highest BCUT2D eigenvalue weighted by Gasteiger charge is 2.45. The molecule has 172 valence electrons. The Labute approximate surface area is 180 Å². The molecule has 1 saturated heterocycles. The molecule has 0 saturated carbocycles. The van der Waals surface area contributed by atoms with Crippen LogP contribution in [0.25, 0.3) is 0 Å². The SMILES string of the molecule is CCCCCCCCCCCCCCCC/C=C\OCCCO[P+]1(O)NCCO1. The summed E-state index contributed by atoms with van der Waals surface area (Å²) in [6.07, 6.45) is 25.3. The predicted molar refractivity (Wildman–Crippen MR) is 124 cm³/mol. The fourth-order valence-electron chi connectivity index (χ4n) is 3.48. The normalized spacial score (nSPS) is 19.4. The molecular formula is C23H47NO4P+. The van der Waals surface area contributed by atoms with Crippen LogP contribution in [0.15, 0.2) is 12.3 Å². The summed E-state index contributed by atoms with van der Waals surface area (Å²) in [5, 5.41) is 2.86. The average molecular weight is 433 g/mol. The van der Waals surface area contributed by atoms with Crippen molar-refractivity contribution in [1.29, 1.82) is 0 Å². The van der Waals surface area contributed by atoms with E-state index in [2.05, 4.69) is 18.1 Å². The minimum atomic E-state index is -2.74. The first-order valence-corrected chi connectivity index (χ1v) is 13.8. The second-order valence-electron chi connectivity index (χ2n) is 8.08. The quantitative estimate of drug-likeness (QED) is 0.115. The van der Waals surface area contributed by atoms with E-state index >= 15 is 0 Å². The molecule has 1 atom stereocenters. The minimum absolute atomic E-state index is 0.448. The van der Waals surface area contributed by atoms with Gasteiger partial charge in [0.15, 0.2) is 0 Å². The van der Waals surface area contributed by atoms with Crippen LogP contribution in [0.2, 0.25) is 0 Å². The Morgan fingerprint density at radius 3 is 1.97 bits per heavy atom. The van der Waals surface area contributed by atoms with E-state index in [1.807, 2.05) is 0 Å². The van der Waals surface area contributed by atoms with E-state index in [1.54, 1.807) is 6.26 Å². The molecule has 0 spiro atoms. The van der Waals surface area contributed by atoms with E-state index in [9.17, 15) is 4.89 Å². The Bertz CT molecular complexity index is 376. The number of hydrogen-bond acceptors (Lipinski definition) is 5.